The summed E-state index contributed by atoms with van der Waals surface area (Å²) in [5, 5.41) is 7.73. The fourth-order valence-electron chi connectivity index (χ4n) is 8.29. The fraction of sp³-hybridized carbons (Fsp3) is 0.690. The average Bonchev–Trinajstić information content (AvgIpc) is 3.19. The van der Waals surface area contributed by atoms with Gasteiger partial charge in [-0.25, -0.2) is 4.79 Å². The summed E-state index contributed by atoms with van der Waals surface area (Å²) in [7, 11) is -0.535. The lowest BCUT2D eigenvalue weighted by Gasteiger charge is -2.64. The largest absolute Gasteiger partial charge is 0.482 e. The second-order valence-electron chi connectivity index (χ2n) is 13.2. The lowest BCUT2D eigenvalue weighted by Crippen LogP contribution is -2.65. The van der Waals surface area contributed by atoms with Crippen molar-refractivity contribution >= 4 is 24.2 Å². The summed E-state index contributed by atoms with van der Waals surface area (Å²) in [5.41, 5.74) is 1.79. The van der Waals surface area contributed by atoms with Crippen LogP contribution in [0, 0.1) is 35.0 Å². The van der Waals surface area contributed by atoms with E-state index in [9.17, 15) is 4.79 Å². The molecule has 0 spiro atoms. The molecule has 4 saturated carbocycles. The first-order valence-electron chi connectivity index (χ1n) is 14.2. The third kappa shape index (κ3) is 3.85. The van der Waals surface area contributed by atoms with Gasteiger partial charge in [0.1, 0.15) is 12.2 Å². The number of benzene rings is 1. The van der Waals surface area contributed by atoms with Crippen LogP contribution in [0.1, 0.15) is 52.5 Å². The third-order valence-corrected chi connectivity index (χ3v) is 11.0. The maximum Gasteiger partial charge on any atom is 0.482 e. The van der Waals surface area contributed by atoms with Crippen LogP contribution >= 0.6 is 0 Å². The van der Waals surface area contributed by atoms with Crippen LogP contribution in [0.2, 0.25) is 0 Å². The molecule has 2 N–H and O–H groups in total. The second-order valence-corrected chi connectivity index (χ2v) is 13.2. The Labute approximate surface area is 219 Å². The van der Waals surface area contributed by atoms with Gasteiger partial charge in [-0.15, -0.1) is 0 Å². The maximum atomic E-state index is 13.1. The van der Waals surface area contributed by atoms with E-state index in [2.05, 4.69) is 44.4 Å². The molecule has 7 nitrogen and oxygen atoms in total. The quantitative estimate of drug-likeness (QED) is 0.559. The minimum absolute atomic E-state index is 0.0515. The molecular weight excluding hydrogens is 467 g/mol. The number of piperidine rings is 1. The number of hydrogen-bond donors (Lipinski definition) is 2. The van der Waals surface area contributed by atoms with E-state index in [-0.39, 0.29) is 29.1 Å². The lowest BCUT2D eigenvalue weighted by molar-refractivity contribution is -0.199. The first-order chi connectivity index (χ1) is 17.7. The van der Waals surface area contributed by atoms with Crippen molar-refractivity contribution in [2.24, 2.45) is 35.0 Å². The molecule has 2 aliphatic heterocycles. The summed E-state index contributed by atoms with van der Waals surface area (Å²) in [6.45, 7) is 10.7. The van der Waals surface area contributed by atoms with Crippen LogP contribution in [0.25, 0.3) is 11.0 Å². The summed E-state index contributed by atoms with van der Waals surface area (Å²) in [6, 6.07) is 8.22. The van der Waals surface area contributed by atoms with Gasteiger partial charge in [-0.05, 0) is 85.8 Å². The summed E-state index contributed by atoms with van der Waals surface area (Å²) < 4.78 is 24.9. The molecule has 3 heterocycles. The van der Waals surface area contributed by atoms with Crippen LogP contribution in [0.4, 0.5) is 4.79 Å². The molecule has 4 aliphatic carbocycles. The number of furan rings is 1. The molecule has 2 saturated heterocycles. The Morgan fingerprint density at radius 1 is 1.22 bits per heavy atom. The molecule has 0 unspecified atom stereocenters. The topological polar surface area (TPSA) is 82.0 Å². The van der Waals surface area contributed by atoms with Crippen LogP contribution < -0.4 is 10.6 Å². The second kappa shape index (κ2) is 8.49. The average molecular weight is 506 g/mol. The number of fused-ring (bicyclic) bond motifs is 2. The molecule has 2 bridgehead atoms. The van der Waals surface area contributed by atoms with Crippen LogP contribution in [0.3, 0.4) is 0 Å². The van der Waals surface area contributed by atoms with E-state index in [4.69, 9.17) is 18.5 Å². The van der Waals surface area contributed by atoms with Crippen molar-refractivity contribution in [1.82, 2.24) is 10.6 Å². The van der Waals surface area contributed by atoms with Crippen LogP contribution in [0.5, 0.6) is 0 Å². The first-order valence-corrected chi connectivity index (χ1v) is 14.2. The SMILES string of the molecule is C[C@H]1[C@H]2CN[C@@H](COC(=O)N[C@@H](Cc3coc4ccccc34)B3O[C@@H]4C[C@@H]5C[C@@H](C5(C)C)[C@]4(C)O3)C[C@H]12. The highest BCUT2D eigenvalue weighted by Crippen LogP contribution is 2.65. The zero-order valence-electron chi connectivity index (χ0n) is 22.4. The lowest BCUT2D eigenvalue weighted by atomic mass is 9.43. The highest BCUT2D eigenvalue weighted by atomic mass is 16.7. The Morgan fingerprint density at radius 3 is 2.86 bits per heavy atom. The van der Waals surface area contributed by atoms with Crippen molar-refractivity contribution < 1.29 is 23.3 Å². The van der Waals surface area contributed by atoms with E-state index in [1.165, 1.54) is 6.42 Å². The molecule has 6 fully saturated rings. The van der Waals surface area contributed by atoms with Gasteiger partial charge in [-0.1, -0.05) is 39.0 Å². The molecule has 8 heteroatoms. The monoisotopic (exact) mass is 506 g/mol. The number of amides is 1. The number of rotatable bonds is 6. The van der Waals surface area contributed by atoms with Gasteiger partial charge in [0.05, 0.1) is 23.9 Å². The summed E-state index contributed by atoms with van der Waals surface area (Å²) in [4.78, 5) is 13.1. The van der Waals surface area contributed by atoms with Crippen LogP contribution in [-0.4, -0.2) is 50.1 Å². The Bertz CT molecular complexity index is 1200. The van der Waals surface area contributed by atoms with Crippen molar-refractivity contribution in [3.05, 3.63) is 36.1 Å². The Kier molecular flexibility index (Phi) is 5.52. The third-order valence-electron chi connectivity index (χ3n) is 11.0. The first kappa shape index (κ1) is 24.0. The number of carbonyl (C=O) groups is 1. The van der Waals surface area contributed by atoms with E-state index in [1.54, 1.807) is 6.26 Å². The fourth-order valence-corrected chi connectivity index (χ4v) is 8.29. The van der Waals surface area contributed by atoms with Crippen molar-refractivity contribution in [3.63, 3.8) is 0 Å². The van der Waals surface area contributed by atoms with Gasteiger partial charge in [0.15, 0.2) is 0 Å². The number of hydrogen-bond acceptors (Lipinski definition) is 6. The molecule has 37 heavy (non-hydrogen) atoms. The Balaban J connectivity index is 1.07. The number of carbonyl (C=O) groups excluding carboxylic acids is 1. The standard InChI is InChI=1S/C29H39BN2O5/c1-16-21-12-19(31-13-22(16)21)15-35-27(33)32-26(9-17-14-34-23-8-6-5-7-20(17)23)30-36-25-11-18-10-24(28(18,2)3)29(25,4)37-30/h5-8,14,16,18-19,21-22,24-26,31H,9-13,15H2,1-4H3,(H,32,33)/t16-,18+,19-,21-,22-,24+,25-,26+,29+/m1/s1. The van der Waals surface area contributed by atoms with Crippen LogP contribution in [-0.2, 0) is 20.5 Å². The molecule has 1 amide bonds. The van der Waals surface area contributed by atoms with Crippen molar-refractivity contribution in [3.8, 4) is 0 Å². The van der Waals surface area contributed by atoms with Crippen molar-refractivity contribution in [2.45, 2.75) is 77.1 Å². The molecular formula is C29H39BN2O5. The summed E-state index contributed by atoms with van der Waals surface area (Å²) in [5.74, 6) is 3.12. The molecule has 0 radical (unpaired) electrons. The molecule has 2 aromatic rings. The highest BCUT2D eigenvalue weighted by molar-refractivity contribution is 6.48. The van der Waals surface area contributed by atoms with Crippen LogP contribution in [0.15, 0.2) is 34.9 Å². The summed E-state index contributed by atoms with van der Waals surface area (Å²) in [6.07, 6.45) is 5.25. The molecule has 1 aromatic carbocycles. The zero-order valence-corrected chi connectivity index (χ0v) is 22.4. The molecule has 9 atom stereocenters. The van der Waals surface area contributed by atoms with E-state index in [0.29, 0.717) is 24.9 Å². The predicted molar refractivity (Wildman–Crippen MR) is 141 cm³/mol. The van der Waals surface area contributed by atoms with Crippen molar-refractivity contribution in [2.75, 3.05) is 13.2 Å². The molecule has 8 rings (SSSR count). The van der Waals surface area contributed by atoms with Gasteiger partial charge in [0.25, 0.3) is 0 Å². The van der Waals surface area contributed by atoms with Gasteiger partial charge >= 0.3 is 13.2 Å². The zero-order chi connectivity index (χ0) is 25.5. The summed E-state index contributed by atoms with van der Waals surface area (Å²) >= 11 is 0. The molecule has 6 aliphatic rings. The van der Waals surface area contributed by atoms with E-state index in [0.717, 1.165) is 53.7 Å². The number of ether oxygens (including phenoxy) is 1. The maximum absolute atomic E-state index is 13.1. The predicted octanol–water partition coefficient (Wildman–Crippen LogP) is 4.58. The number of alkyl carbamates (subject to hydrolysis) is 1. The van der Waals surface area contributed by atoms with Gasteiger partial charge in [0.2, 0.25) is 0 Å². The van der Waals surface area contributed by atoms with Gasteiger partial charge < -0.3 is 29.1 Å². The van der Waals surface area contributed by atoms with Gasteiger partial charge in [-0.2, -0.15) is 0 Å². The Hall–Kier alpha value is -2.03. The van der Waals surface area contributed by atoms with Gasteiger partial charge in [-0.3, -0.25) is 0 Å². The minimum atomic E-state index is -0.535. The van der Waals surface area contributed by atoms with E-state index >= 15 is 0 Å². The van der Waals surface area contributed by atoms with E-state index < -0.39 is 13.2 Å². The van der Waals surface area contributed by atoms with E-state index in [1.807, 2.05) is 18.2 Å². The molecule has 1 aromatic heterocycles. The highest BCUT2D eigenvalue weighted by Gasteiger charge is 2.68. The smallest absolute Gasteiger partial charge is 0.464 e. The number of para-hydroxylation sites is 1. The Morgan fingerprint density at radius 2 is 2.05 bits per heavy atom. The van der Waals surface area contributed by atoms with Crippen molar-refractivity contribution in [1.29, 1.82) is 0 Å². The normalized spacial score (nSPS) is 39.9. The van der Waals surface area contributed by atoms with Gasteiger partial charge in [0, 0.05) is 11.4 Å². The number of nitrogens with one attached hydrogen (secondary N) is 2. The molecule has 198 valence electrons. The minimum Gasteiger partial charge on any atom is -0.464 e.